The van der Waals surface area contributed by atoms with Gasteiger partial charge in [0.1, 0.15) is 5.69 Å². The number of carbonyl (C=O) groups is 2. The molecule has 3 aromatic rings. The molecule has 0 aliphatic carbocycles. The van der Waals surface area contributed by atoms with Crippen LogP contribution in [0, 0.1) is 6.92 Å². The Morgan fingerprint density at radius 1 is 0.863 bits per heavy atom. The van der Waals surface area contributed by atoms with Crippen molar-refractivity contribution in [2.24, 2.45) is 0 Å². The van der Waals surface area contributed by atoms with Gasteiger partial charge in [-0.05, 0) is 49.4 Å². The number of anilines is 1. The number of amides is 2. The minimum Gasteiger partial charge on any atom is -0.349 e. The summed E-state index contributed by atoms with van der Waals surface area (Å²) < 4.78 is 190. The van der Waals surface area contributed by atoms with Crippen molar-refractivity contribution < 1.29 is 71.1 Å². The maximum atomic E-state index is 14.6. The number of nitrogens with one attached hydrogen (secondary N) is 2. The van der Waals surface area contributed by atoms with Crippen LogP contribution in [0.4, 0.5) is 67.2 Å². The second kappa shape index (κ2) is 14.3. The standard InChI is InChI=1S/C29H23ClF14N4O2S/c1-13-9-15(7-8-19(13)46-22(49)16-5-4-6-18(30)20(16)23(50)45-14(2)12-51-3)10-48-11-17(24(31,32)26(35,36)28(39,40)41)21(47-48)25(33,34)27(37,38)29(42,43)44/h4-9,11,14H,10,12H2,1-3H3,(H,45,50)(H,46,49). The van der Waals surface area contributed by atoms with Crippen molar-refractivity contribution >= 4 is 40.9 Å². The third kappa shape index (κ3) is 8.02. The van der Waals surface area contributed by atoms with Gasteiger partial charge in [-0.1, -0.05) is 29.8 Å². The molecule has 1 atom stereocenters. The minimum atomic E-state index is -7.26. The normalized spacial score (nSPS) is 14.0. The lowest BCUT2D eigenvalue weighted by molar-refractivity contribution is -0.367. The van der Waals surface area contributed by atoms with Gasteiger partial charge >= 0.3 is 36.0 Å². The first-order chi connectivity index (χ1) is 23.1. The fourth-order valence-electron chi connectivity index (χ4n) is 4.51. The molecule has 2 N–H and O–H groups in total. The van der Waals surface area contributed by atoms with Crippen LogP contribution in [0.1, 0.15) is 50.0 Å². The third-order valence-electron chi connectivity index (χ3n) is 7.06. The minimum absolute atomic E-state index is 0.0135. The van der Waals surface area contributed by atoms with E-state index in [1.165, 1.54) is 36.9 Å². The van der Waals surface area contributed by atoms with Crippen LogP contribution < -0.4 is 10.6 Å². The van der Waals surface area contributed by atoms with E-state index in [0.717, 1.165) is 18.2 Å². The molecule has 1 aromatic heterocycles. The number of rotatable bonds is 12. The lowest BCUT2D eigenvalue weighted by Crippen LogP contribution is -2.53. The molecule has 0 radical (unpaired) electrons. The number of aryl methyl sites for hydroxylation is 1. The average Bonchev–Trinajstić information content (AvgIpc) is 3.42. The van der Waals surface area contributed by atoms with Gasteiger partial charge in [-0.3, -0.25) is 14.3 Å². The van der Waals surface area contributed by atoms with Crippen molar-refractivity contribution in [3.05, 3.63) is 81.1 Å². The monoisotopic (exact) mass is 792 g/mol. The fourth-order valence-corrected chi connectivity index (χ4v) is 5.35. The Morgan fingerprint density at radius 2 is 1.43 bits per heavy atom. The highest BCUT2D eigenvalue weighted by Crippen LogP contribution is 2.57. The topological polar surface area (TPSA) is 76.0 Å². The Hall–Kier alpha value is -3.75. The van der Waals surface area contributed by atoms with Gasteiger partial charge in [0.15, 0.2) is 0 Å². The molecule has 0 aliphatic rings. The van der Waals surface area contributed by atoms with Crippen LogP contribution in [0.15, 0.2) is 42.6 Å². The Kier molecular flexibility index (Phi) is 11.7. The zero-order valence-corrected chi connectivity index (χ0v) is 27.4. The number of hydrogen-bond donors (Lipinski definition) is 2. The quantitative estimate of drug-likeness (QED) is 0.180. The molecule has 2 amide bonds. The lowest BCUT2D eigenvalue weighted by Gasteiger charge is -2.31. The van der Waals surface area contributed by atoms with E-state index in [1.54, 1.807) is 13.2 Å². The maximum absolute atomic E-state index is 14.6. The molecule has 6 nitrogen and oxygen atoms in total. The summed E-state index contributed by atoms with van der Waals surface area (Å²) in [6, 6.07) is 6.82. The second-order valence-corrected chi connectivity index (χ2v) is 12.3. The van der Waals surface area contributed by atoms with Gasteiger partial charge in [0, 0.05) is 23.7 Å². The molecule has 0 bridgehead atoms. The largest absolute Gasteiger partial charge is 0.460 e. The van der Waals surface area contributed by atoms with E-state index in [0.29, 0.717) is 5.75 Å². The molecule has 0 saturated heterocycles. The Balaban J connectivity index is 2.02. The highest BCUT2D eigenvalue weighted by atomic mass is 35.5. The zero-order chi connectivity index (χ0) is 39.1. The molecule has 2 aromatic carbocycles. The predicted molar refractivity (Wildman–Crippen MR) is 157 cm³/mol. The molecule has 282 valence electrons. The summed E-state index contributed by atoms with van der Waals surface area (Å²) >= 11 is 7.61. The van der Waals surface area contributed by atoms with E-state index in [4.69, 9.17) is 11.6 Å². The summed E-state index contributed by atoms with van der Waals surface area (Å²) in [6.45, 7) is 1.87. The number of alkyl halides is 14. The number of nitrogens with zero attached hydrogens (tertiary/aromatic N) is 2. The molecule has 0 fully saturated rings. The Morgan fingerprint density at radius 3 is 1.96 bits per heavy atom. The molecular formula is C29H23ClF14N4O2S. The SMILES string of the molecule is CSCC(C)NC(=O)c1c(Cl)cccc1C(=O)Nc1ccc(Cn2cc(C(F)(F)C(F)(F)C(F)(F)F)c(C(F)(F)C(F)(F)C(F)(F)F)n2)cc1C. The van der Waals surface area contributed by atoms with E-state index < -0.39 is 71.9 Å². The number of thioether (sulfide) groups is 1. The average molecular weight is 793 g/mol. The summed E-state index contributed by atoms with van der Waals surface area (Å²) in [4.78, 5) is 26.1. The van der Waals surface area contributed by atoms with Crippen molar-refractivity contribution in [3.8, 4) is 0 Å². The van der Waals surface area contributed by atoms with Crippen molar-refractivity contribution in [3.63, 3.8) is 0 Å². The van der Waals surface area contributed by atoms with Crippen LogP contribution in [-0.2, 0) is 18.4 Å². The number of halogens is 15. The molecule has 3 rings (SSSR count). The number of aromatic nitrogens is 2. The second-order valence-electron chi connectivity index (χ2n) is 11.0. The molecule has 1 unspecified atom stereocenters. The first-order valence-corrected chi connectivity index (χ1v) is 15.6. The van der Waals surface area contributed by atoms with Gasteiger partial charge in [0.25, 0.3) is 11.8 Å². The Labute approximate surface area is 287 Å². The summed E-state index contributed by atoms with van der Waals surface area (Å²) in [5, 5.41) is 7.55. The first-order valence-electron chi connectivity index (χ1n) is 13.8. The summed E-state index contributed by atoms with van der Waals surface area (Å²) in [7, 11) is 0. The van der Waals surface area contributed by atoms with Gasteiger partial charge in [0.2, 0.25) is 0 Å². The van der Waals surface area contributed by atoms with E-state index in [-0.39, 0.29) is 43.7 Å². The molecule has 0 spiro atoms. The van der Waals surface area contributed by atoms with Crippen LogP contribution >= 0.6 is 23.4 Å². The molecular weight excluding hydrogens is 770 g/mol. The third-order valence-corrected chi connectivity index (χ3v) is 8.21. The van der Waals surface area contributed by atoms with Crippen molar-refractivity contribution in [1.82, 2.24) is 15.1 Å². The highest BCUT2D eigenvalue weighted by molar-refractivity contribution is 7.98. The predicted octanol–water partition coefficient (Wildman–Crippen LogP) is 9.21. The molecule has 51 heavy (non-hydrogen) atoms. The van der Waals surface area contributed by atoms with Gasteiger partial charge < -0.3 is 10.6 Å². The summed E-state index contributed by atoms with van der Waals surface area (Å²) in [5.41, 5.74) is -7.17. The van der Waals surface area contributed by atoms with Crippen LogP contribution in [0.25, 0.3) is 0 Å². The fraction of sp³-hybridized carbons (Fsp3) is 0.414. The molecule has 22 heteroatoms. The van der Waals surface area contributed by atoms with Crippen molar-refractivity contribution in [2.75, 3.05) is 17.3 Å². The molecule has 1 heterocycles. The number of benzene rings is 2. The maximum Gasteiger partial charge on any atom is 0.460 e. The van der Waals surface area contributed by atoms with Crippen LogP contribution in [0.5, 0.6) is 0 Å². The van der Waals surface area contributed by atoms with Crippen LogP contribution in [0.3, 0.4) is 0 Å². The van der Waals surface area contributed by atoms with Gasteiger partial charge in [-0.2, -0.15) is 78.3 Å². The van der Waals surface area contributed by atoms with E-state index in [1.807, 2.05) is 0 Å². The van der Waals surface area contributed by atoms with Gasteiger partial charge in [0.05, 0.1) is 28.3 Å². The van der Waals surface area contributed by atoms with Gasteiger partial charge in [-0.25, -0.2) is 0 Å². The molecule has 0 saturated carbocycles. The van der Waals surface area contributed by atoms with E-state index >= 15 is 0 Å². The van der Waals surface area contributed by atoms with Crippen molar-refractivity contribution in [2.45, 2.75) is 62.5 Å². The van der Waals surface area contributed by atoms with Crippen LogP contribution in [0.2, 0.25) is 5.02 Å². The summed E-state index contributed by atoms with van der Waals surface area (Å²) in [5.74, 6) is -29.2. The zero-order valence-electron chi connectivity index (χ0n) is 25.8. The van der Waals surface area contributed by atoms with Gasteiger partial charge in [-0.15, -0.1) is 0 Å². The van der Waals surface area contributed by atoms with E-state index in [9.17, 15) is 71.1 Å². The van der Waals surface area contributed by atoms with Crippen LogP contribution in [-0.4, -0.2) is 63.8 Å². The van der Waals surface area contributed by atoms with E-state index in [2.05, 4.69) is 15.7 Å². The smallest absolute Gasteiger partial charge is 0.349 e. The highest BCUT2D eigenvalue weighted by Gasteiger charge is 2.79. The number of carbonyl (C=O) groups excluding carboxylic acids is 2. The van der Waals surface area contributed by atoms with Crippen molar-refractivity contribution in [1.29, 1.82) is 0 Å². The first kappa shape index (κ1) is 41.7. The lowest BCUT2D eigenvalue weighted by atomic mass is 9.96. The Bertz CT molecular complexity index is 1720. The summed E-state index contributed by atoms with van der Waals surface area (Å²) in [6.07, 6.45) is -13.2. The molecule has 0 aliphatic heterocycles. The number of hydrogen-bond acceptors (Lipinski definition) is 4.